The van der Waals surface area contributed by atoms with Gasteiger partial charge in [-0.1, -0.05) is 22.8 Å². The van der Waals surface area contributed by atoms with E-state index in [0.29, 0.717) is 23.7 Å². The second kappa shape index (κ2) is 7.85. The van der Waals surface area contributed by atoms with Crippen molar-refractivity contribution in [3.63, 3.8) is 0 Å². The number of nitrogens with zero attached hydrogens (tertiary/aromatic N) is 3. The van der Waals surface area contributed by atoms with E-state index >= 15 is 0 Å². The predicted molar refractivity (Wildman–Crippen MR) is 91.7 cm³/mol. The van der Waals surface area contributed by atoms with Crippen molar-refractivity contribution in [2.75, 3.05) is 18.0 Å². The van der Waals surface area contributed by atoms with E-state index in [-0.39, 0.29) is 12.4 Å². The van der Waals surface area contributed by atoms with Gasteiger partial charge in [-0.2, -0.15) is 0 Å². The summed E-state index contributed by atoms with van der Waals surface area (Å²) in [5, 5.41) is 8.62. The molecule has 7 heteroatoms. The highest BCUT2D eigenvalue weighted by Gasteiger charge is 2.23. The van der Waals surface area contributed by atoms with Crippen LogP contribution in [-0.4, -0.2) is 28.5 Å². The molecule has 2 heterocycles. The number of piperidine rings is 1. The Hall–Kier alpha value is -1.24. The first-order valence-electron chi connectivity index (χ1n) is 7.25. The normalized spacial score (nSPS) is 15.6. The molecule has 1 aromatic heterocycles. The van der Waals surface area contributed by atoms with Gasteiger partial charge in [0.1, 0.15) is 0 Å². The van der Waals surface area contributed by atoms with Crippen molar-refractivity contribution in [2.45, 2.75) is 36.5 Å². The highest BCUT2D eigenvalue weighted by molar-refractivity contribution is 8.00. The number of aryl methyl sites for hydroxylation is 1. The molecule has 0 bridgehead atoms. The number of thioether (sulfide) groups is 1. The van der Waals surface area contributed by atoms with E-state index in [2.05, 4.69) is 46.3 Å². The molecule has 1 aliphatic rings. The van der Waals surface area contributed by atoms with Gasteiger partial charge in [-0.05, 0) is 31.9 Å². The molecule has 1 aliphatic heterocycles. The molecule has 0 aliphatic carbocycles. The zero-order chi connectivity index (χ0) is 14.7. The van der Waals surface area contributed by atoms with Crippen LogP contribution in [0.15, 0.2) is 33.6 Å². The van der Waals surface area contributed by atoms with E-state index < -0.39 is 0 Å². The maximum absolute atomic E-state index is 5.51. The third kappa shape index (κ3) is 4.15. The first-order chi connectivity index (χ1) is 10.2. The summed E-state index contributed by atoms with van der Waals surface area (Å²) in [5.41, 5.74) is 6.80. The van der Waals surface area contributed by atoms with Gasteiger partial charge in [0.2, 0.25) is 5.89 Å². The van der Waals surface area contributed by atoms with Gasteiger partial charge < -0.3 is 15.1 Å². The summed E-state index contributed by atoms with van der Waals surface area (Å²) in [5.74, 6) is 0.501. The van der Waals surface area contributed by atoms with Gasteiger partial charge >= 0.3 is 6.01 Å². The van der Waals surface area contributed by atoms with Crippen LogP contribution in [0.4, 0.5) is 6.01 Å². The van der Waals surface area contributed by atoms with E-state index in [1.807, 2.05) is 11.8 Å². The largest absolute Gasteiger partial charge is 0.407 e. The van der Waals surface area contributed by atoms with Crippen LogP contribution < -0.4 is 10.6 Å². The van der Waals surface area contributed by atoms with Gasteiger partial charge in [0.15, 0.2) is 0 Å². The van der Waals surface area contributed by atoms with E-state index in [1.165, 1.54) is 10.5 Å². The minimum Gasteiger partial charge on any atom is -0.407 e. The molecule has 0 spiro atoms. The minimum atomic E-state index is 0. The molecule has 22 heavy (non-hydrogen) atoms. The number of anilines is 1. The summed E-state index contributed by atoms with van der Waals surface area (Å²) in [6.45, 7) is 4.32. The second-order valence-electron chi connectivity index (χ2n) is 5.30. The summed E-state index contributed by atoms with van der Waals surface area (Å²) in [4.78, 5) is 3.50. The molecule has 0 radical (unpaired) electrons. The second-order valence-corrected chi connectivity index (χ2v) is 6.67. The highest BCUT2D eigenvalue weighted by Crippen LogP contribution is 2.31. The SMILES string of the molecule is Cc1ccc(SC2CCN(c3nnc(CN)o3)CC2)cc1.Cl. The number of hydrogen-bond acceptors (Lipinski definition) is 6. The van der Waals surface area contributed by atoms with E-state index in [4.69, 9.17) is 10.2 Å². The lowest BCUT2D eigenvalue weighted by atomic mass is 10.1. The number of hydrogen-bond donors (Lipinski definition) is 1. The van der Waals surface area contributed by atoms with Crippen LogP contribution in [-0.2, 0) is 6.54 Å². The lowest BCUT2D eigenvalue weighted by Crippen LogP contribution is -2.35. The Kier molecular flexibility index (Phi) is 6.11. The summed E-state index contributed by atoms with van der Waals surface area (Å²) in [6, 6.07) is 9.36. The van der Waals surface area contributed by atoms with Gasteiger partial charge in [0.25, 0.3) is 0 Å². The molecular formula is C15H21ClN4OS. The zero-order valence-electron chi connectivity index (χ0n) is 12.6. The summed E-state index contributed by atoms with van der Waals surface area (Å²) in [6.07, 6.45) is 2.25. The molecule has 1 fully saturated rings. The molecule has 120 valence electrons. The molecule has 2 aromatic rings. The topological polar surface area (TPSA) is 68.2 Å². The molecule has 0 amide bonds. The predicted octanol–water partition coefficient (Wildman–Crippen LogP) is 3.02. The number of rotatable bonds is 4. The first-order valence-corrected chi connectivity index (χ1v) is 8.13. The smallest absolute Gasteiger partial charge is 0.318 e. The summed E-state index contributed by atoms with van der Waals surface area (Å²) >= 11 is 1.97. The molecular weight excluding hydrogens is 320 g/mol. The van der Waals surface area contributed by atoms with Crippen LogP contribution in [0, 0.1) is 6.92 Å². The summed E-state index contributed by atoms with van der Waals surface area (Å²) in [7, 11) is 0. The molecule has 0 unspecified atom stereocenters. The average molecular weight is 341 g/mol. The van der Waals surface area contributed by atoms with Crippen LogP contribution in [0.2, 0.25) is 0 Å². The molecule has 1 aromatic carbocycles. The third-order valence-electron chi connectivity index (χ3n) is 3.67. The molecule has 0 atom stereocenters. The van der Waals surface area contributed by atoms with Gasteiger partial charge in [-0.15, -0.1) is 29.3 Å². The molecule has 3 rings (SSSR count). The van der Waals surface area contributed by atoms with Crippen LogP contribution in [0.25, 0.3) is 0 Å². The Labute approximate surface area is 141 Å². The third-order valence-corrected chi connectivity index (χ3v) is 5.02. The fraction of sp³-hybridized carbons (Fsp3) is 0.467. The van der Waals surface area contributed by atoms with Crippen molar-refractivity contribution in [1.82, 2.24) is 10.2 Å². The lowest BCUT2D eigenvalue weighted by molar-refractivity contribution is 0.465. The lowest BCUT2D eigenvalue weighted by Gasteiger charge is -2.30. The quantitative estimate of drug-likeness (QED) is 0.922. The standard InChI is InChI=1S/C15H20N4OS.ClH/c1-11-2-4-12(5-3-11)21-13-6-8-19(9-7-13)15-18-17-14(10-16)20-15;/h2-5,13H,6-10,16H2,1H3;1H. The van der Waals surface area contributed by atoms with Gasteiger partial charge in [-0.3, -0.25) is 0 Å². The van der Waals surface area contributed by atoms with Crippen LogP contribution in [0.3, 0.4) is 0 Å². The Bertz CT molecular complexity index is 581. The molecule has 1 saturated heterocycles. The average Bonchev–Trinajstić information content (AvgIpc) is 2.99. The maximum Gasteiger partial charge on any atom is 0.318 e. The van der Waals surface area contributed by atoms with Crippen molar-refractivity contribution in [3.05, 3.63) is 35.7 Å². The maximum atomic E-state index is 5.51. The Morgan fingerprint density at radius 3 is 2.50 bits per heavy atom. The van der Waals surface area contributed by atoms with Crippen molar-refractivity contribution in [2.24, 2.45) is 5.73 Å². The van der Waals surface area contributed by atoms with E-state index in [1.54, 1.807) is 0 Å². The number of nitrogens with two attached hydrogens (primary N) is 1. The van der Waals surface area contributed by atoms with Crippen LogP contribution in [0.5, 0.6) is 0 Å². The van der Waals surface area contributed by atoms with Gasteiger partial charge in [0.05, 0.1) is 6.54 Å². The Morgan fingerprint density at radius 1 is 1.23 bits per heavy atom. The van der Waals surface area contributed by atoms with Crippen LogP contribution >= 0.6 is 24.2 Å². The fourth-order valence-electron chi connectivity index (χ4n) is 2.43. The van der Waals surface area contributed by atoms with Gasteiger partial charge in [0, 0.05) is 23.2 Å². The zero-order valence-corrected chi connectivity index (χ0v) is 14.2. The van der Waals surface area contributed by atoms with Crippen molar-refractivity contribution < 1.29 is 4.42 Å². The Morgan fingerprint density at radius 2 is 1.91 bits per heavy atom. The monoisotopic (exact) mass is 340 g/mol. The number of benzene rings is 1. The molecule has 0 saturated carbocycles. The van der Waals surface area contributed by atoms with E-state index in [0.717, 1.165) is 25.9 Å². The highest BCUT2D eigenvalue weighted by atomic mass is 35.5. The van der Waals surface area contributed by atoms with E-state index in [9.17, 15) is 0 Å². The Balaban J connectivity index is 0.00000176. The number of aromatic nitrogens is 2. The first kappa shape index (κ1) is 17.1. The molecule has 5 nitrogen and oxygen atoms in total. The number of halogens is 1. The van der Waals surface area contributed by atoms with Crippen molar-refractivity contribution in [1.29, 1.82) is 0 Å². The van der Waals surface area contributed by atoms with Crippen molar-refractivity contribution >= 4 is 30.2 Å². The van der Waals surface area contributed by atoms with Crippen molar-refractivity contribution in [3.8, 4) is 0 Å². The minimum absolute atomic E-state index is 0. The van der Waals surface area contributed by atoms with Crippen LogP contribution in [0.1, 0.15) is 24.3 Å². The van der Waals surface area contributed by atoms with Gasteiger partial charge in [-0.25, -0.2) is 0 Å². The molecule has 2 N–H and O–H groups in total. The fourth-order valence-corrected chi connectivity index (χ4v) is 3.55. The summed E-state index contributed by atoms with van der Waals surface area (Å²) < 4.78 is 5.51.